The van der Waals surface area contributed by atoms with Gasteiger partial charge in [0.2, 0.25) is 0 Å². The van der Waals surface area contributed by atoms with Gasteiger partial charge in [-0.3, -0.25) is 5.32 Å². The Kier molecular flexibility index (Phi) is 5.85. The summed E-state index contributed by atoms with van der Waals surface area (Å²) in [5.74, 6) is 1.31. The predicted octanol–water partition coefficient (Wildman–Crippen LogP) is 3.30. The van der Waals surface area contributed by atoms with Crippen molar-refractivity contribution in [3.8, 4) is 5.75 Å². The van der Waals surface area contributed by atoms with E-state index < -0.39 is 0 Å². The number of anilines is 1. The topological polar surface area (TPSA) is 63.7 Å². The standard InChI is InChI=1S/C19H23N3O3/c1-24-16-7-4-6-15(12-16)13-22(14-17-8-5-11-25-17)19(23)21-18-9-2-3-10-20-18/h2-4,6-7,9-10,12,17H,5,8,11,13-14H2,1H3,(H,20,21,23). The number of nitrogens with one attached hydrogen (secondary N) is 1. The van der Waals surface area contributed by atoms with E-state index in [-0.39, 0.29) is 12.1 Å². The zero-order chi connectivity index (χ0) is 17.5. The Morgan fingerprint density at radius 1 is 1.36 bits per heavy atom. The van der Waals surface area contributed by atoms with Crippen LogP contribution in [0.25, 0.3) is 0 Å². The highest BCUT2D eigenvalue weighted by Crippen LogP contribution is 2.18. The third-order valence-electron chi connectivity index (χ3n) is 4.14. The summed E-state index contributed by atoms with van der Waals surface area (Å²) in [7, 11) is 1.64. The van der Waals surface area contributed by atoms with Crippen molar-refractivity contribution < 1.29 is 14.3 Å². The van der Waals surface area contributed by atoms with E-state index in [9.17, 15) is 4.79 Å². The van der Waals surface area contributed by atoms with Crippen LogP contribution in [0.5, 0.6) is 5.75 Å². The van der Waals surface area contributed by atoms with E-state index in [1.165, 1.54) is 0 Å². The van der Waals surface area contributed by atoms with Gasteiger partial charge in [0.15, 0.2) is 0 Å². The number of hydrogen-bond donors (Lipinski definition) is 1. The molecule has 1 fully saturated rings. The maximum atomic E-state index is 12.7. The Hall–Kier alpha value is -2.60. The molecule has 2 amide bonds. The number of ether oxygens (including phenoxy) is 2. The van der Waals surface area contributed by atoms with Crippen LogP contribution >= 0.6 is 0 Å². The minimum Gasteiger partial charge on any atom is -0.497 e. The fraction of sp³-hybridized carbons (Fsp3) is 0.368. The number of nitrogens with zero attached hydrogens (tertiary/aromatic N) is 2. The van der Waals surface area contributed by atoms with Crippen LogP contribution in [-0.2, 0) is 11.3 Å². The normalized spacial score (nSPS) is 16.4. The Balaban J connectivity index is 1.72. The van der Waals surface area contributed by atoms with Crippen LogP contribution in [0.4, 0.5) is 10.6 Å². The van der Waals surface area contributed by atoms with Crippen molar-refractivity contribution in [2.45, 2.75) is 25.5 Å². The molecule has 0 radical (unpaired) electrons. The number of amides is 2. The molecule has 1 unspecified atom stereocenters. The fourth-order valence-corrected chi connectivity index (χ4v) is 2.87. The highest BCUT2D eigenvalue weighted by Gasteiger charge is 2.23. The number of carbonyl (C=O) groups is 1. The number of methoxy groups -OCH3 is 1. The largest absolute Gasteiger partial charge is 0.497 e. The van der Waals surface area contributed by atoms with Gasteiger partial charge in [-0.25, -0.2) is 9.78 Å². The second-order valence-electron chi connectivity index (χ2n) is 6.01. The van der Waals surface area contributed by atoms with E-state index in [1.54, 1.807) is 24.3 Å². The molecule has 1 atom stereocenters. The molecule has 6 nitrogen and oxygen atoms in total. The summed E-state index contributed by atoms with van der Waals surface area (Å²) >= 11 is 0. The predicted molar refractivity (Wildman–Crippen MR) is 95.6 cm³/mol. The first-order valence-corrected chi connectivity index (χ1v) is 8.46. The molecule has 1 saturated heterocycles. The summed E-state index contributed by atoms with van der Waals surface area (Å²) in [5.41, 5.74) is 1.01. The summed E-state index contributed by atoms with van der Waals surface area (Å²) in [6.07, 6.45) is 3.76. The Bertz CT molecular complexity index is 687. The van der Waals surface area contributed by atoms with Crippen LogP contribution in [0.3, 0.4) is 0 Å². The molecule has 1 aliphatic rings. The van der Waals surface area contributed by atoms with E-state index in [2.05, 4.69) is 10.3 Å². The second kappa shape index (κ2) is 8.48. The van der Waals surface area contributed by atoms with E-state index in [0.29, 0.717) is 18.9 Å². The maximum absolute atomic E-state index is 12.7. The average molecular weight is 341 g/mol. The van der Waals surface area contributed by atoms with Crippen molar-refractivity contribution in [3.05, 3.63) is 54.2 Å². The number of pyridine rings is 1. The number of carbonyl (C=O) groups excluding carboxylic acids is 1. The average Bonchev–Trinajstić information content (AvgIpc) is 3.15. The lowest BCUT2D eigenvalue weighted by Gasteiger charge is -2.26. The molecule has 1 aliphatic heterocycles. The third kappa shape index (κ3) is 4.93. The van der Waals surface area contributed by atoms with Gasteiger partial charge in [0, 0.05) is 25.9 Å². The van der Waals surface area contributed by atoms with Crippen molar-refractivity contribution in [1.82, 2.24) is 9.88 Å². The summed E-state index contributed by atoms with van der Waals surface area (Å²) in [6, 6.07) is 13.0. The highest BCUT2D eigenvalue weighted by atomic mass is 16.5. The number of aromatic nitrogens is 1. The molecule has 0 bridgehead atoms. The Labute approximate surface area is 147 Å². The molecule has 3 rings (SSSR count). The highest BCUT2D eigenvalue weighted by molar-refractivity contribution is 5.88. The van der Waals surface area contributed by atoms with Crippen LogP contribution in [0.1, 0.15) is 18.4 Å². The molecule has 0 spiro atoms. The van der Waals surface area contributed by atoms with Gasteiger partial charge in [0.1, 0.15) is 11.6 Å². The van der Waals surface area contributed by atoms with E-state index in [1.807, 2.05) is 36.4 Å². The van der Waals surface area contributed by atoms with Crippen LogP contribution in [-0.4, -0.2) is 42.3 Å². The van der Waals surface area contributed by atoms with Gasteiger partial charge in [-0.2, -0.15) is 0 Å². The van der Waals surface area contributed by atoms with Gasteiger partial charge in [0.05, 0.1) is 13.2 Å². The van der Waals surface area contributed by atoms with Gasteiger partial charge < -0.3 is 14.4 Å². The number of benzene rings is 1. The molecular formula is C19H23N3O3. The molecule has 25 heavy (non-hydrogen) atoms. The van der Waals surface area contributed by atoms with Gasteiger partial charge >= 0.3 is 6.03 Å². The van der Waals surface area contributed by atoms with Crippen LogP contribution in [0.15, 0.2) is 48.7 Å². The maximum Gasteiger partial charge on any atom is 0.323 e. The van der Waals surface area contributed by atoms with Crippen molar-refractivity contribution in [2.75, 3.05) is 25.6 Å². The second-order valence-corrected chi connectivity index (χ2v) is 6.01. The van der Waals surface area contributed by atoms with Crippen LogP contribution in [0.2, 0.25) is 0 Å². The first-order chi connectivity index (χ1) is 12.2. The lowest BCUT2D eigenvalue weighted by Crippen LogP contribution is -2.39. The lowest BCUT2D eigenvalue weighted by atomic mass is 10.2. The summed E-state index contributed by atoms with van der Waals surface area (Å²) in [6.45, 7) is 1.80. The number of hydrogen-bond acceptors (Lipinski definition) is 4. The minimum absolute atomic E-state index is 0.0834. The molecule has 1 aromatic heterocycles. The van der Waals surface area contributed by atoms with Crippen LogP contribution in [0, 0.1) is 0 Å². The van der Waals surface area contributed by atoms with Crippen LogP contribution < -0.4 is 10.1 Å². The molecular weight excluding hydrogens is 318 g/mol. The first kappa shape index (κ1) is 17.2. The monoisotopic (exact) mass is 341 g/mol. The van der Waals surface area contributed by atoms with E-state index >= 15 is 0 Å². The third-order valence-corrected chi connectivity index (χ3v) is 4.14. The zero-order valence-corrected chi connectivity index (χ0v) is 14.4. The molecule has 2 heterocycles. The Morgan fingerprint density at radius 3 is 3.00 bits per heavy atom. The van der Waals surface area contributed by atoms with Crippen molar-refractivity contribution >= 4 is 11.8 Å². The number of rotatable bonds is 6. The van der Waals surface area contributed by atoms with E-state index in [4.69, 9.17) is 9.47 Å². The van der Waals surface area contributed by atoms with Crippen molar-refractivity contribution in [2.24, 2.45) is 0 Å². The molecule has 1 aromatic carbocycles. The molecule has 0 aliphatic carbocycles. The first-order valence-electron chi connectivity index (χ1n) is 8.46. The molecule has 2 aromatic rings. The Morgan fingerprint density at radius 2 is 2.28 bits per heavy atom. The van der Waals surface area contributed by atoms with Crippen molar-refractivity contribution in [1.29, 1.82) is 0 Å². The van der Waals surface area contributed by atoms with Gasteiger partial charge in [-0.05, 0) is 42.7 Å². The SMILES string of the molecule is COc1cccc(CN(CC2CCCO2)C(=O)Nc2ccccn2)c1. The van der Waals surface area contributed by atoms with E-state index in [0.717, 1.165) is 30.8 Å². The summed E-state index contributed by atoms with van der Waals surface area (Å²) in [5, 5.41) is 2.85. The molecule has 0 saturated carbocycles. The minimum atomic E-state index is -0.183. The van der Waals surface area contributed by atoms with Gasteiger partial charge in [0.25, 0.3) is 0 Å². The lowest BCUT2D eigenvalue weighted by molar-refractivity contribution is 0.0819. The smallest absolute Gasteiger partial charge is 0.323 e. The zero-order valence-electron chi connectivity index (χ0n) is 14.4. The molecule has 132 valence electrons. The summed E-state index contributed by atoms with van der Waals surface area (Å²) < 4.78 is 11.0. The van der Waals surface area contributed by atoms with Crippen molar-refractivity contribution in [3.63, 3.8) is 0 Å². The molecule has 6 heteroatoms. The number of urea groups is 1. The van der Waals surface area contributed by atoms with Gasteiger partial charge in [-0.15, -0.1) is 0 Å². The quantitative estimate of drug-likeness (QED) is 0.875. The summed E-state index contributed by atoms with van der Waals surface area (Å²) in [4.78, 5) is 18.7. The fourth-order valence-electron chi connectivity index (χ4n) is 2.87. The van der Waals surface area contributed by atoms with Gasteiger partial charge in [-0.1, -0.05) is 18.2 Å². The molecule has 1 N–H and O–H groups in total.